The Labute approximate surface area is 311 Å². The summed E-state index contributed by atoms with van der Waals surface area (Å²) in [6, 6.07) is 17.3. The highest BCUT2D eigenvalue weighted by molar-refractivity contribution is 5.83. The second-order valence-corrected chi connectivity index (χ2v) is 13.4. The van der Waals surface area contributed by atoms with Gasteiger partial charge in [-0.15, -0.1) is 0 Å². The molecule has 0 bridgehead atoms. The van der Waals surface area contributed by atoms with Crippen molar-refractivity contribution in [2.75, 3.05) is 41.7 Å². The highest BCUT2D eigenvalue weighted by Gasteiger charge is 2.52. The van der Waals surface area contributed by atoms with Crippen LogP contribution in [0.3, 0.4) is 0 Å². The molecule has 6 rings (SSSR count). The molecule has 2 saturated heterocycles. The summed E-state index contributed by atoms with van der Waals surface area (Å²) in [4.78, 5) is 25.7. The van der Waals surface area contributed by atoms with Crippen LogP contribution < -0.4 is 23.7 Å². The SMILES string of the molecule is COc1cc(CC2(O)C(=O)OCC2Cc2ccc(Oc3cc(CC4COC(=O)C4(O)Cc4ccc(O)c(OC)c4)cc(OC)c3O)c(OC)c2)ccc1O. The summed E-state index contributed by atoms with van der Waals surface area (Å²) in [6.45, 7) is -0.0728. The Kier molecular flexibility index (Phi) is 10.7. The number of hydrogen-bond acceptors (Lipinski definition) is 14. The normalized spacial score (nSPS) is 22.0. The van der Waals surface area contributed by atoms with E-state index in [1.54, 1.807) is 54.6 Å². The van der Waals surface area contributed by atoms with Gasteiger partial charge in [-0.3, -0.25) is 0 Å². The van der Waals surface area contributed by atoms with Gasteiger partial charge in [0.25, 0.3) is 0 Å². The summed E-state index contributed by atoms with van der Waals surface area (Å²) in [6.07, 6.45) is 0.222. The number of carbonyl (C=O) groups is 2. The quantitative estimate of drug-likeness (QED) is 0.116. The Bertz CT molecular complexity index is 2050. The third kappa shape index (κ3) is 7.34. The van der Waals surface area contributed by atoms with Crippen LogP contribution in [-0.4, -0.2) is 90.3 Å². The molecule has 0 spiro atoms. The molecule has 0 saturated carbocycles. The van der Waals surface area contributed by atoms with Crippen molar-refractivity contribution in [3.8, 4) is 51.7 Å². The van der Waals surface area contributed by atoms with Crippen molar-refractivity contribution in [3.63, 3.8) is 0 Å². The van der Waals surface area contributed by atoms with Gasteiger partial charge < -0.3 is 58.7 Å². The molecule has 14 nitrogen and oxygen atoms in total. The number of phenolic OH excluding ortho intramolecular Hbond substituents is 3. The molecular weight excluding hydrogens is 704 g/mol. The van der Waals surface area contributed by atoms with Gasteiger partial charge in [-0.05, 0) is 83.6 Å². The van der Waals surface area contributed by atoms with E-state index in [1.807, 2.05) is 0 Å². The van der Waals surface area contributed by atoms with Crippen molar-refractivity contribution in [3.05, 3.63) is 89.0 Å². The fourth-order valence-electron chi connectivity index (χ4n) is 6.99. The molecule has 2 heterocycles. The van der Waals surface area contributed by atoms with Gasteiger partial charge in [0.2, 0.25) is 5.75 Å². The smallest absolute Gasteiger partial charge is 0.338 e. The average molecular weight is 747 g/mol. The lowest BCUT2D eigenvalue weighted by molar-refractivity contribution is -0.154. The highest BCUT2D eigenvalue weighted by atomic mass is 16.6. The zero-order chi connectivity index (χ0) is 38.8. The van der Waals surface area contributed by atoms with Crippen molar-refractivity contribution < 1.29 is 68.3 Å². The van der Waals surface area contributed by atoms with Crippen molar-refractivity contribution >= 4 is 11.9 Å². The van der Waals surface area contributed by atoms with E-state index in [9.17, 15) is 35.1 Å². The maximum atomic E-state index is 12.9. The third-order valence-corrected chi connectivity index (χ3v) is 10.1. The number of benzene rings is 4. The summed E-state index contributed by atoms with van der Waals surface area (Å²) in [5.74, 6) is -2.24. The Balaban J connectivity index is 1.21. The van der Waals surface area contributed by atoms with E-state index in [-0.39, 0.29) is 84.9 Å². The topological polar surface area (TPSA) is 200 Å². The minimum absolute atomic E-state index is 0.0124. The Hall–Kier alpha value is -5.86. The summed E-state index contributed by atoms with van der Waals surface area (Å²) in [5.41, 5.74) is -1.35. The molecule has 0 aromatic heterocycles. The molecule has 2 aliphatic heterocycles. The number of rotatable bonds is 14. The summed E-state index contributed by atoms with van der Waals surface area (Å²) >= 11 is 0. The molecule has 0 radical (unpaired) electrons. The van der Waals surface area contributed by atoms with E-state index >= 15 is 0 Å². The zero-order valence-corrected chi connectivity index (χ0v) is 30.2. The van der Waals surface area contributed by atoms with Crippen LogP contribution in [0.15, 0.2) is 66.7 Å². The van der Waals surface area contributed by atoms with Crippen LogP contribution in [0.4, 0.5) is 0 Å². The molecule has 14 heteroatoms. The first kappa shape index (κ1) is 37.9. The van der Waals surface area contributed by atoms with Crippen LogP contribution >= 0.6 is 0 Å². The van der Waals surface area contributed by atoms with Crippen LogP contribution in [0.25, 0.3) is 0 Å². The van der Waals surface area contributed by atoms with Crippen LogP contribution in [0.2, 0.25) is 0 Å². The first-order valence-corrected chi connectivity index (χ1v) is 17.1. The van der Waals surface area contributed by atoms with Gasteiger partial charge in [0.1, 0.15) is 0 Å². The van der Waals surface area contributed by atoms with E-state index in [0.717, 1.165) is 0 Å². The van der Waals surface area contributed by atoms with Gasteiger partial charge in [-0.1, -0.05) is 18.2 Å². The van der Waals surface area contributed by atoms with Crippen LogP contribution in [0.5, 0.6) is 51.7 Å². The number of aliphatic hydroxyl groups is 2. The van der Waals surface area contributed by atoms with E-state index in [1.165, 1.54) is 40.6 Å². The molecule has 0 aliphatic carbocycles. The van der Waals surface area contributed by atoms with E-state index in [2.05, 4.69) is 0 Å². The molecule has 286 valence electrons. The number of carbonyl (C=O) groups excluding carboxylic acids is 2. The number of phenols is 3. The molecule has 4 aromatic carbocycles. The summed E-state index contributed by atoms with van der Waals surface area (Å²) < 4.78 is 38.2. The predicted molar refractivity (Wildman–Crippen MR) is 191 cm³/mol. The van der Waals surface area contributed by atoms with E-state index in [0.29, 0.717) is 28.0 Å². The first-order chi connectivity index (χ1) is 25.8. The summed E-state index contributed by atoms with van der Waals surface area (Å²) in [7, 11) is 5.63. The van der Waals surface area contributed by atoms with Crippen molar-refractivity contribution in [2.24, 2.45) is 11.8 Å². The van der Waals surface area contributed by atoms with Crippen LogP contribution in [0.1, 0.15) is 22.3 Å². The fourth-order valence-corrected chi connectivity index (χ4v) is 6.99. The maximum absolute atomic E-state index is 12.9. The fraction of sp³-hybridized carbons (Fsp3) is 0.350. The summed E-state index contributed by atoms with van der Waals surface area (Å²) in [5, 5.41) is 54.2. The van der Waals surface area contributed by atoms with Gasteiger partial charge in [0.15, 0.2) is 57.2 Å². The second-order valence-electron chi connectivity index (χ2n) is 13.4. The van der Waals surface area contributed by atoms with Crippen molar-refractivity contribution in [2.45, 2.75) is 36.9 Å². The standard InChI is InChI=1S/C40H42O14/c1-48-31-14-23(5-8-28(31)41)18-39(46)26(20-52-37(39)44)11-22-7-10-30(33(13-22)50-3)54-35-17-25(16-34(51-4)36(35)43)12-27-21-53-38(45)40(27,47)19-24-6-9-29(42)32(15-24)49-2/h5-10,13-17,26-27,41-43,46-47H,11-12,18-21H2,1-4H3. The molecule has 4 aromatic rings. The van der Waals surface area contributed by atoms with Gasteiger partial charge >= 0.3 is 11.9 Å². The maximum Gasteiger partial charge on any atom is 0.338 e. The molecule has 0 amide bonds. The first-order valence-electron chi connectivity index (χ1n) is 17.1. The number of cyclic esters (lactones) is 2. The van der Waals surface area contributed by atoms with Gasteiger partial charge in [0, 0.05) is 24.7 Å². The largest absolute Gasteiger partial charge is 0.504 e. The lowest BCUT2D eigenvalue weighted by Gasteiger charge is -2.26. The number of aromatic hydroxyl groups is 3. The molecule has 5 N–H and O–H groups in total. The number of hydrogen-bond donors (Lipinski definition) is 5. The molecule has 2 fully saturated rings. The number of ether oxygens (including phenoxy) is 7. The molecule has 4 unspecified atom stereocenters. The zero-order valence-electron chi connectivity index (χ0n) is 30.2. The number of esters is 2. The molecular formula is C40H42O14. The van der Waals surface area contributed by atoms with Crippen LogP contribution in [-0.2, 0) is 44.7 Å². The molecule has 4 atom stereocenters. The van der Waals surface area contributed by atoms with Crippen molar-refractivity contribution in [1.82, 2.24) is 0 Å². The van der Waals surface area contributed by atoms with Gasteiger partial charge in [-0.25, -0.2) is 9.59 Å². The highest BCUT2D eigenvalue weighted by Crippen LogP contribution is 2.45. The third-order valence-electron chi connectivity index (χ3n) is 10.1. The Morgan fingerprint density at radius 3 is 1.48 bits per heavy atom. The Morgan fingerprint density at radius 1 is 0.556 bits per heavy atom. The van der Waals surface area contributed by atoms with Gasteiger partial charge in [-0.2, -0.15) is 0 Å². The van der Waals surface area contributed by atoms with Gasteiger partial charge in [0.05, 0.1) is 41.7 Å². The minimum atomic E-state index is -1.90. The lowest BCUT2D eigenvalue weighted by atomic mass is 9.80. The molecule has 2 aliphatic rings. The second kappa shape index (κ2) is 15.2. The average Bonchev–Trinajstić information content (AvgIpc) is 3.59. The van der Waals surface area contributed by atoms with E-state index in [4.69, 9.17) is 33.2 Å². The monoisotopic (exact) mass is 746 g/mol. The minimum Gasteiger partial charge on any atom is -0.504 e. The van der Waals surface area contributed by atoms with Crippen LogP contribution in [0, 0.1) is 11.8 Å². The van der Waals surface area contributed by atoms with Crippen molar-refractivity contribution in [1.29, 1.82) is 0 Å². The number of methoxy groups -OCH3 is 4. The van der Waals surface area contributed by atoms with E-state index < -0.39 is 35.0 Å². The Morgan fingerprint density at radius 2 is 0.981 bits per heavy atom. The predicted octanol–water partition coefficient (Wildman–Crippen LogP) is 4.01. The lowest BCUT2D eigenvalue weighted by Crippen LogP contribution is -2.44. The molecule has 54 heavy (non-hydrogen) atoms.